The van der Waals surface area contributed by atoms with E-state index in [4.69, 9.17) is 16.3 Å². The lowest BCUT2D eigenvalue weighted by Gasteiger charge is -2.07. The topological polar surface area (TPSA) is 51.2 Å². The quantitative estimate of drug-likeness (QED) is 0.922. The van der Waals surface area contributed by atoms with Gasteiger partial charge in [0, 0.05) is 12.3 Å². The number of nitrogens with one attached hydrogen (secondary N) is 1. The van der Waals surface area contributed by atoms with Gasteiger partial charge >= 0.3 is 0 Å². The first-order valence-corrected chi connectivity index (χ1v) is 6.27. The van der Waals surface area contributed by atoms with Crippen LogP contribution in [0, 0.1) is 5.82 Å². The van der Waals surface area contributed by atoms with Crippen LogP contribution in [0.4, 0.5) is 4.39 Å². The van der Waals surface area contributed by atoms with E-state index in [0.29, 0.717) is 12.3 Å². The Hall–Kier alpha value is -2.14. The second kappa shape index (κ2) is 6.86. The van der Waals surface area contributed by atoms with Crippen LogP contribution in [0.15, 0.2) is 42.6 Å². The van der Waals surface area contributed by atoms with Crippen molar-refractivity contribution in [3.05, 3.63) is 59.1 Å². The summed E-state index contributed by atoms with van der Waals surface area (Å²) in [4.78, 5) is 15.6. The molecule has 0 radical (unpaired) electrons. The van der Waals surface area contributed by atoms with Crippen molar-refractivity contribution in [3.63, 3.8) is 0 Å². The molecule has 4 nitrogen and oxygen atoms in total. The van der Waals surface area contributed by atoms with Gasteiger partial charge in [0.25, 0.3) is 5.91 Å². The molecule has 0 atom stereocenters. The highest BCUT2D eigenvalue weighted by Gasteiger charge is 2.05. The minimum absolute atomic E-state index is 0.0450. The van der Waals surface area contributed by atoms with E-state index in [0.717, 1.165) is 5.69 Å². The highest BCUT2D eigenvalue weighted by Crippen LogP contribution is 2.20. The molecule has 2 aromatic rings. The van der Waals surface area contributed by atoms with Gasteiger partial charge in [-0.1, -0.05) is 17.7 Å². The molecule has 0 aliphatic rings. The van der Waals surface area contributed by atoms with Gasteiger partial charge in [0.05, 0.1) is 17.3 Å². The van der Waals surface area contributed by atoms with Crippen molar-refractivity contribution >= 4 is 17.5 Å². The molecule has 1 N–H and O–H groups in total. The molecule has 0 aliphatic heterocycles. The Labute approximate surface area is 120 Å². The largest absolute Gasteiger partial charge is 0.484 e. The van der Waals surface area contributed by atoms with Crippen molar-refractivity contribution in [2.24, 2.45) is 0 Å². The third-order valence-corrected chi connectivity index (χ3v) is 2.74. The van der Waals surface area contributed by atoms with Gasteiger partial charge in [0.15, 0.2) is 6.61 Å². The molecule has 0 saturated heterocycles. The van der Waals surface area contributed by atoms with Gasteiger partial charge in [-0.05, 0) is 24.3 Å². The van der Waals surface area contributed by atoms with E-state index in [2.05, 4.69) is 10.3 Å². The molecule has 104 valence electrons. The summed E-state index contributed by atoms with van der Waals surface area (Å²) in [5.41, 5.74) is 0.755. The molecule has 0 bridgehead atoms. The van der Waals surface area contributed by atoms with Gasteiger partial charge in [-0.2, -0.15) is 0 Å². The zero-order valence-corrected chi connectivity index (χ0v) is 11.2. The summed E-state index contributed by atoms with van der Waals surface area (Å²) < 4.78 is 18.1. The summed E-state index contributed by atoms with van der Waals surface area (Å²) in [5.74, 6) is -0.487. The van der Waals surface area contributed by atoms with Gasteiger partial charge in [-0.15, -0.1) is 0 Å². The molecule has 0 aliphatic carbocycles. The molecular weight excluding hydrogens is 283 g/mol. The van der Waals surface area contributed by atoms with Crippen molar-refractivity contribution in [3.8, 4) is 5.75 Å². The fourth-order valence-corrected chi connectivity index (χ4v) is 1.63. The monoisotopic (exact) mass is 294 g/mol. The Kier molecular flexibility index (Phi) is 4.90. The molecule has 1 heterocycles. The summed E-state index contributed by atoms with van der Waals surface area (Å²) in [6.07, 6.45) is 1.65. The highest BCUT2D eigenvalue weighted by atomic mass is 35.5. The van der Waals surface area contributed by atoms with Crippen LogP contribution in [0.1, 0.15) is 5.69 Å². The van der Waals surface area contributed by atoms with E-state index >= 15 is 0 Å². The van der Waals surface area contributed by atoms with Crippen LogP contribution in [0.5, 0.6) is 5.75 Å². The first-order chi connectivity index (χ1) is 9.65. The van der Waals surface area contributed by atoms with Crippen LogP contribution in [-0.4, -0.2) is 17.5 Å². The number of amides is 1. The molecular formula is C14H12ClFN2O2. The van der Waals surface area contributed by atoms with E-state index < -0.39 is 5.82 Å². The second-order valence-electron chi connectivity index (χ2n) is 3.96. The third-order valence-electron chi connectivity index (χ3n) is 2.45. The Bertz CT molecular complexity index is 593. The minimum Gasteiger partial charge on any atom is -0.484 e. The van der Waals surface area contributed by atoms with Crippen molar-refractivity contribution in [1.29, 1.82) is 0 Å². The highest BCUT2D eigenvalue weighted by molar-refractivity contribution is 6.30. The normalized spacial score (nSPS) is 10.1. The van der Waals surface area contributed by atoms with Crippen molar-refractivity contribution in [2.45, 2.75) is 6.54 Å². The maximum absolute atomic E-state index is 12.9. The summed E-state index contributed by atoms with van der Waals surface area (Å²) in [7, 11) is 0. The van der Waals surface area contributed by atoms with Crippen molar-refractivity contribution in [2.75, 3.05) is 6.61 Å². The predicted octanol–water partition coefficient (Wildman–Crippen LogP) is 2.57. The van der Waals surface area contributed by atoms with Gasteiger partial charge in [-0.25, -0.2) is 4.39 Å². The Morgan fingerprint density at radius 1 is 1.35 bits per heavy atom. The maximum atomic E-state index is 12.9. The number of halogens is 2. The number of benzene rings is 1. The van der Waals surface area contributed by atoms with Crippen molar-refractivity contribution < 1.29 is 13.9 Å². The van der Waals surface area contributed by atoms with Gasteiger partial charge < -0.3 is 10.1 Å². The van der Waals surface area contributed by atoms with E-state index in [1.54, 1.807) is 18.3 Å². The second-order valence-corrected chi connectivity index (χ2v) is 4.37. The van der Waals surface area contributed by atoms with E-state index in [1.165, 1.54) is 18.2 Å². The van der Waals surface area contributed by atoms with E-state index in [9.17, 15) is 9.18 Å². The molecule has 1 aromatic carbocycles. The molecule has 0 fully saturated rings. The number of nitrogens with zero attached hydrogens (tertiary/aromatic N) is 1. The number of carbonyl (C=O) groups excluding carboxylic acids is 1. The zero-order chi connectivity index (χ0) is 14.4. The number of pyridine rings is 1. The summed E-state index contributed by atoms with van der Waals surface area (Å²) in [6, 6.07) is 9.36. The van der Waals surface area contributed by atoms with Crippen LogP contribution in [0.25, 0.3) is 0 Å². The molecule has 20 heavy (non-hydrogen) atoms. The summed E-state index contributed by atoms with van der Waals surface area (Å²) in [5, 5.41) is 2.62. The molecule has 0 saturated carbocycles. The number of hydrogen-bond acceptors (Lipinski definition) is 3. The Balaban J connectivity index is 1.79. The Morgan fingerprint density at radius 2 is 2.20 bits per heavy atom. The maximum Gasteiger partial charge on any atom is 0.258 e. The van der Waals surface area contributed by atoms with Crippen LogP contribution in [-0.2, 0) is 11.3 Å². The van der Waals surface area contributed by atoms with Gasteiger partial charge in [0.2, 0.25) is 0 Å². The fraction of sp³-hybridized carbons (Fsp3) is 0.143. The lowest BCUT2D eigenvalue weighted by atomic mass is 10.3. The average Bonchev–Trinajstić information content (AvgIpc) is 2.47. The van der Waals surface area contributed by atoms with Crippen molar-refractivity contribution in [1.82, 2.24) is 10.3 Å². The molecule has 1 aromatic heterocycles. The summed E-state index contributed by atoms with van der Waals surface area (Å²) >= 11 is 5.61. The Morgan fingerprint density at radius 3 is 2.90 bits per heavy atom. The van der Waals surface area contributed by atoms with Crippen LogP contribution >= 0.6 is 11.6 Å². The summed E-state index contributed by atoms with van der Waals surface area (Å²) in [6.45, 7) is 0.155. The van der Waals surface area contributed by atoms with Crippen LogP contribution in [0.3, 0.4) is 0 Å². The first-order valence-electron chi connectivity index (χ1n) is 5.89. The van der Waals surface area contributed by atoms with Gasteiger partial charge in [0.1, 0.15) is 11.6 Å². The SMILES string of the molecule is O=C(COc1ccc(F)c(Cl)c1)NCc1ccccn1. The molecule has 1 amide bonds. The third kappa shape index (κ3) is 4.20. The molecule has 0 spiro atoms. The number of aromatic nitrogens is 1. The minimum atomic E-state index is -0.529. The number of carbonyl (C=O) groups is 1. The standard InChI is InChI=1S/C14H12ClFN2O2/c15-12-7-11(4-5-13(12)16)20-9-14(19)18-8-10-3-1-2-6-17-10/h1-7H,8-9H2,(H,18,19). The van der Waals surface area contributed by atoms with E-state index in [-0.39, 0.29) is 17.5 Å². The zero-order valence-electron chi connectivity index (χ0n) is 10.5. The molecule has 6 heteroatoms. The average molecular weight is 295 g/mol. The number of ether oxygens (including phenoxy) is 1. The van der Waals surface area contributed by atoms with Crippen LogP contribution < -0.4 is 10.1 Å². The fourth-order valence-electron chi connectivity index (χ4n) is 1.46. The smallest absolute Gasteiger partial charge is 0.258 e. The van der Waals surface area contributed by atoms with Gasteiger partial charge in [-0.3, -0.25) is 9.78 Å². The predicted molar refractivity (Wildman–Crippen MR) is 73.0 cm³/mol. The molecule has 2 rings (SSSR count). The lowest BCUT2D eigenvalue weighted by molar-refractivity contribution is -0.123. The number of hydrogen-bond donors (Lipinski definition) is 1. The molecule has 0 unspecified atom stereocenters. The number of rotatable bonds is 5. The van der Waals surface area contributed by atoms with Crippen LogP contribution in [0.2, 0.25) is 5.02 Å². The first kappa shape index (κ1) is 14.3. The van der Waals surface area contributed by atoms with E-state index in [1.807, 2.05) is 6.07 Å². The lowest BCUT2D eigenvalue weighted by Crippen LogP contribution is -2.28.